The zero-order chi connectivity index (χ0) is 16.8. The van der Waals surface area contributed by atoms with Gasteiger partial charge in [0.1, 0.15) is 6.10 Å². The molecule has 0 aromatic heterocycles. The summed E-state index contributed by atoms with van der Waals surface area (Å²) in [5.41, 5.74) is 8.13. The molecule has 0 saturated heterocycles. The summed E-state index contributed by atoms with van der Waals surface area (Å²) >= 11 is 0. The lowest BCUT2D eigenvalue weighted by Crippen LogP contribution is -2.25. The van der Waals surface area contributed by atoms with Crippen molar-refractivity contribution < 1.29 is 18.3 Å². The van der Waals surface area contributed by atoms with Crippen molar-refractivity contribution >= 4 is 6.09 Å². The number of benzene rings is 2. The van der Waals surface area contributed by atoms with Gasteiger partial charge in [0.25, 0.3) is 0 Å². The van der Waals surface area contributed by atoms with Gasteiger partial charge in [0, 0.05) is 5.41 Å². The highest BCUT2D eigenvalue weighted by molar-refractivity contribution is 5.68. The number of carbonyl (C=O) groups excluding carboxylic acids is 1. The topological polar surface area (TPSA) is 52.3 Å². The van der Waals surface area contributed by atoms with E-state index in [0.717, 1.165) is 35.2 Å². The minimum Gasteiger partial charge on any atom is -0.441 e. The van der Waals surface area contributed by atoms with E-state index in [0.29, 0.717) is 5.56 Å². The molecule has 0 heterocycles. The highest BCUT2D eigenvalue weighted by Crippen LogP contribution is 2.48. The third-order valence-electron chi connectivity index (χ3n) is 4.27. The van der Waals surface area contributed by atoms with E-state index in [1.54, 1.807) is 0 Å². The molecule has 2 aromatic carbocycles. The molecule has 2 aromatic rings. The number of halogens is 2. The van der Waals surface area contributed by atoms with Gasteiger partial charge in [-0.15, -0.1) is 0 Å². The Morgan fingerprint density at radius 1 is 1.13 bits per heavy atom. The number of hydrogen-bond acceptors (Lipinski definition) is 2. The molecule has 0 spiro atoms. The number of rotatable bonds is 2. The molecule has 3 rings (SSSR count). The van der Waals surface area contributed by atoms with Crippen LogP contribution in [0.25, 0.3) is 11.1 Å². The first-order chi connectivity index (χ1) is 10.8. The monoisotopic (exact) mass is 317 g/mol. The molecule has 0 fully saturated rings. The molecule has 1 aliphatic carbocycles. The quantitative estimate of drug-likeness (QED) is 0.895. The Morgan fingerprint density at radius 3 is 2.43 bits per heavy atom. The zero-order valence-electron chi connectivity index (χ0n) is 12.9. The second kappa shape index (κ2) is 5.33. The van der Waals surface area contributed by atoms with Gasteiger partial charge >= 0.3 is 6.09 Å². The summed E-state index contributed by atoms with van der Waals surface area (Å²) in [5, 5.41) is 0. The molecule has 2 N–H and O–H groups in total. The predicted octanol–water partition coefficient (Wildman–Crippen LogP) is 4.35. The van der Waals surface area contributed by atoms with Crippen molar-refractivity contribution in [3.63, 3.8) is 0 Å². The van der Waals surface area contributed by atoms with Crippen molar-refractivity contribution in [1.82, 2.24) is 0 Å². The Kier molecular flexibility index (Phi) is 3.59. The number of ether oxygens (including phenoxy) is 1. The number of amides is 1. The summed E-state index contributed by atoms with van der Waals surface area (Å²) in [5.74, 6) is -1.78. The largest absolute Gasteiger partial charge is 0.441 e. The van der Waals surface area contributed by atoms with E-state index in [4.69, 9.17) is 10.5 Å². The average molecular weight is 317 g/mol. The molecule has 0 bridgehead atoms. The molecule has 23 heavy (non-hydrogen) atoms. The van der Waals surface area contributed by atoms with E-state index in [1.807, 2.05) is 32.0 Å². The number of carbonyl (C=O) groups is 1. The molecule has 0 radical (unpaired) electrons. The molecule has 0 aliphatic heterocycles. The van der Waals surface area contributed by atoms with Crippen LogP contribution in [-0.4, -0.2) is 6.09 Å². The van der Waals surface area contributed by atoms with Crippen molar-refractivity contribution in [1.29, 1.82) is 0 Å². The summed E-state index contributed by atoms with van der Waals surface area (Å²) in [6.07, 6.45) is -0.535. The van der Waals surface area contributed by atoms with Crippen LogP contribution in [0.1, 0.15) is 31.1 Å². The fourth-order valence-corrected chi connectivity index (χ4v) is 3.20. The highest BCUT2D eigenvalue weighted by atomic mass is 19.2. The predicted molar refractivity (Wildman–Crippen MR) is 82.7 cm³/mol. The van der Waals surface area contributed by atoms with Crippen molar-refractivity contribution in [2.24, 2.45) is 11.1 Å². The van der Waals surface area contributed by atoms with Crippen LogP contribution in [0.2, 0.25) is 0 Å². The molecule has 5 heteroatoms. The van der Waals surface area contributed by atoms with E-state index >= 15 is 0 Å². The Hall–Kier alpha value is -2.43. The highest BCUT2D eigenvalue weighted by Gasteiger charge is 2.41. The number of fused-ring (bicyclic) bond motifs is 1. The van der Waals surface area contributed by atoms with Crippen LogP contribution in [0.15, 0.2) is 36.4 Å². The van der Waals surface area contributed by atoms with E-state index < -0.39 is 23.8 Å². The van der Waals surface area contributed by atoms with Crippen LogP contribution in [0.4, 0.5) is 13.6 Å². The first kappa shape index (κ1) is 15.5. The standard InChI is InChI=1S/C18H17F2NO2/c1-18(2)9-12-4-3-10(7-13(12)16(18)23-17(21)22)11-5-6-14(19)15(20)8-11/h3-8,16H,9H2,1-2H3,(H2,21,22). The SMILES string of the molecule is CC1(C)Cc2ccc(-c3ccc(F)c(F)c3)cc2C1OC(N)=O. The summed E-state index contributed by atoms with van der Waals surface area (Å²) in [4.78, 5) is 11.2. The Balaban J connectivity index is 2.05. The van der Waals surface area contributed by atoms with E-state index in [1.165, 1.54) is 6.07 Å². The lowest BCUT2D eigenvalue weighted by atomic mass is 9.87. The van der Waals surface area contributed by atoms with Crippen molar-refractivity contribution in [3.05, 3.63) is 59.2 Å². The second-order valence-corrected chi connectivity index (χ2v) is 6.52. The zero-order valence-corrected chi connectivity index (χ0v) is 12.9. The van der Waals surface area contributed by atoms with Crippen molar-refractivity contribution in [2.75, 3.05) is 0 Å². The molecule has 3 nitrogen and oxygen atoms in total. The van der Waals surface area contributed by atoms with Crippen molar-refractivity contribution in [2.45, 2.75) is 26.4 Å². The van der Waals surface area contributed by atoms with Crippen LogP contribution in [-0.2, 0) is 11.2 Å². The maximum atomic E-state index is 13.4. The van der Waals surface area contributed by atoms with Gasteiger partial charge in [0.2, 0.25) is 0 Å². The summed E-state index contributed by atoms with van der Waals surface area (Å²) < 4.78 is 31.8. The van der Waals surface area contributed by atoms with Gasteiger partial charge < -0.3 is 10.5 Å². The smallest absolute Gasteiger partial charge is 0.405 e. The summed E-state index contributed by atoms with van der Waals surface area (Å²) in [6.45, 7) is 4.00. The van der Waals surface area contributed by atoms with Crippen LogP contribution < -0.4 is 5.73 Å². The van der Waals surface area contributed by atoms with Crippen LogP contribution in [0, 0.1) is 17.0 Å². The third kappa shape index (κ3) is 2.79. The average Bonchev–Trinajstić information content (AvgIpc) is 2.71. The summed E-state index contributed by atoms with van der Waals surface area (Å²) in [6, 6.07) is 9.40. The molecular formula is C18H17F2NO2. The fraction of sp³-hybridized carbons (Fsp3) is 0.278. The van der Waals surface area contributed by atoms with Gasteiger partial charge in [0.15, 0.2) is 11.6 Å². The lowest BCUT2D eigenvalue weighted by molar-refractivity contribution is 0.0392. The Morgan fingerprint density at radius 2 is 1.78 bits per heavy atom. The normalized spacial score (nSPS) is 18.5. The molecule has 1 unspecified atom stereocenters. The van der Waals surface area contributed by atoms with E-state index in [-0.39, 0.29) is 5.41 Å². The molecule has 120 valence electrons. The fourth-order valence-electron chi connectivity index (χ4n) is 3.20. The number of primary amides is 1. The Bertz CT molecular complexity index is 787. The van der Waals surface area contributed by atoms with Gasteiger partial charge in [-0.1, -0.05) is 32.0 Å². The van der Waals surface area contributed by atoms with Gasteiger partial charge in [-0.25, -0.2) is 13.6 Å². The number of nitrogens with two attached hydrogens (primary N) is 1. The molecule has 1 amide bonds. The second-order valence-electron chi connectivity index (χ2n) is 6.52. The first-order valence-corrected chi connectivity index (χ1v) is 7.32. The number of hydrogen-bond donors (Lipinski definition) is 1. The van der Waals surface area contributed by atoms with Crippen LogP contribution in [0.5, 0.6) is 0 Å². The first-order valence-electron chi connectivity index (χ1n) is 7.32. The molecule has 1 aliphatic rings. The maximum Gasteiger partial charge on any atom is 0.405 e. The van der Waals surface area contributed by atoms with E-state index in [2.05, 4.69) is 0 Å². The molecule has 1 atom stereocenters. The van der Waals surface area contributed by atoms with Gasteiger partial charge in [-0.2, -0.15) is 0 Å². The summed E-state index contributed by atoms with van der Waals surface area (Å²) in [7, 11) is 0. The minimum absolute atomic E-state index is 0.274. The Labute approximate surface area is 133 Å². The lowest BCUT2D eigenvalue weighted by Gasteiger charge is -2.26. The van der Waals surface area contributed by atoms with Gasteiger partial charge in [-0.3, -0.25) is 0 Å². The minimum atomic E-state index is -0.895. The van der Waals surface area contributed by atoms with Gasteiger partial charge in [-0.05, 0) is 46.9 Å². The molecular weight excluding hydrogens is 300 g/mol. The van der Waals surface area contributed by atoms with Crippen LogP contribution in [0.3, 0.4) is 0 Å². The molecule has 0 saturated carbocycles. The van der Waals surface area contributed by atoms with Gasteiger partial charge in [0.05, 0.1) is 0 Å². The maximum absolute atomic E-state index is 13.4. The third-order valence-corrected chi connectivity index (χ3v) is 4.27. The van der Waals surface area contributed by atoms with Crippen LogP contribution >= 0.6 is 0 Å². The van der Waals surface area contributed by atoms with Crippen molar-refractivity contribution in [3.8, 4) is 11.1 Å². The van der Waals surface area contributed by atoms with E-state index in [9.17, 15) is 13.6 Å².